The summed E-state index contributed by atoms with van der Waals surface area (Å²) in [5.74, 6) is -0.700. The molecule has 2 unspecified atom stereocenters. The van der Waals surface area contributed by atoms with Crippen LogP contribution in [0.25, 0.3) is 0 Å². The monoisotopic (exact) mass is 319 g/mol. The second-order valence-corrected chi connectivity index (χ2v) is 7.48. The van der Waals surface area contributed by atoms with E-state index in [1.54, 1.807) is 32.9 Å². The molecule has 5 heteroatoms. The summed E-state index contributed by atoms with van der Waals surface area (Å²) >= 11 is 0. The number of rotatable bonds is 3. The maximum atomic E-state index is 12.2. The molecule has 0 saturated carbocycles. The third kappa shape index (κ3) is 3.33. The average molecular weight is 319 g/mol. The summed E-state index contributed by atoms with van der Waals surface area (Å²) in [5, 5.41) is 12.5. The number of fused-ring (bicyclic) bond motifs is 1. The van der Waals surface area contributed by atoms with Crippen molar-refractivity contribution in [3.05, 3.63) is 35.4 Å². The van der Waals surface area contributed by atoms with E-state index in [-0.39, 0.29) is 11.8 Å². The maximum Gasteiger partial charge on any atom is 0.408 e. The highest BCUT2D eigenvalue weighted by Gasteiger charge is 2.51. The molecule has 0 aromatic heterocycles. The second kappa shape index (κ2) is 5.87. The summed E-state index contributed by atoms with van der Waals surface area (Å²) in [4.78, 5) is 24.3. The van der Waals surface area contributed by atoms with E-state index in [0.29, 0.717) is 12.0 Å². The van der Waals surface area contributed by atoms with Gasteiger partial charge in [0.2, 0.25) is 0 Å². The molecule has 0 aliphatic heterocycles. The number of hydrogen-bond donors (Lipinski definition) is 2. The molecule has 0 spiro atoms. The molecule has 1 aliphatic rings. The van der Waals surface area contributed by atoms with E-state index >= 15 is 0 Å². The van der Waals surface area contributed by atoms with Crippen molar-refractivity contribution in [3.63, 3.8) is 0 Å². The summed E-state index contributed by atoms with van der Waals surface area (Å²) in [6, 6.07) is 7.43. The van der Waals surface area contributed by atoms with Gasteiger partial charge in [0.25, 0.3) is 0 Å². The molecule has 0 heterocycles. The van der Waals surface area contributed by atoms with Gasteiger partial charge in [-0.2, -0.15) is 0 Å². The number of nitrogens with one attached hydrogen (secondary N) is 1. The minimum absolute atomic E-state index is 0.0808. The number of carbonyl (C=O) groups excluding carboxylic acids is 1. The van der Waals surface area contributed by atoms with Crippen LogP contribution in [0.4, 0.5) is 4.79 Å². The van der Waals surface area contributed by atoms with Crippen molar-refractivity contribution < 1.29 is 19.4 Å². The van der Waals surface area contributed by atoms with Crippen LogP contribution in [0.2, 0.25) is 0 Å². The topological polar surface area (TPSA) is 75.6 Å². The highest BCUT2D eigenvalue weighted by Crippen LogP contribution is 2.48. The summed E-state index contributed by atoms with van der Waals surface area (Å²) in [6.07, 6.45) is -0.377. The molecule has 0 radical (unpaired) electrons. The fourth-order valence-electron chi connectivity index (χ4n) is 3.21. The highest BCUT2D eigenvalue weighted by molar-refractivity contribution is 5.87. The van der Waals surface area contributed by atoms with Crippen molar-refractivity contribution in [1.82, 2.24) is 5.32 Å². The molecule has 1 amide bonds. The van der Waals surface area contributed by atoms with E-state index in [1.165, 1.54) is 0 Å². The Kier molecular flexibility index (Phi) is 4.42. The van der Waals surface area contributed by atoms with E-state index in [4.69, 9.17) is 4.74 Å². The van der Waals surface area contributed by atoms with Crippen molar-refractivity contribution in [1.29, 1.82) is 0 Å². The zero-order chi connectivity index (χ0) is 17.4. The third-order valence-corrected chi connectivity index (χ3v) is 4.23. The Morgan fingerprint density at radius 1 is 1.30 bits per heavy atom. The molecule has 2 atom stereocenters. The minimum Gasteiger partial charge on any atom is -0.479 e. The minimum atomic E-state index is -1.44. The predicted octanol–water partition coefficient (Wildman–Crippen LogP) is 3.63. The van der Waals surface area contributed by atoms with Crippen LogP contribution in [0.5, 0.6) is 0 Å². The van der Waals surface area contributed by atoms with Crippen LogP contribution < -0.4 is 5.32 Å². The number of amides is 1. The Morgan fingerprint density at radius 3 is 2.43 bits per heavy atom. The molecule has 0 saturated heterocycles. The zero-order valence-corrected chi connectivity index (χ0v) is 14.3. The number of hydrogen-bond acceptors (Lipinski definition) is 3. The van der Waals surface area contributed by atoms with Crippen molar-refractivity contribution in [3.8, 4) is 0 Å². The Balaban J connectivity index is 2.43. The van der Waals surface area contributed by atoms with Gasteiger partial charge in [0, 0.05) is 0 Å². The van der Waals surface area contributed by atoms with Gasteiger partial charge in [-0.15, -0.1) is 0 Å². The number of carboxylic acids is 1. The molecular weight excluding hydrogens is 294 g/mol. The zero-order valence-electron chi connectivity index (χ0n) is 14.3. The number of ether oxygens (including phenoxy) is 1. The van der Waals surface area contributed by atoms with Gasteiger partial charge >= 0.3 is 12.1 Å². The lowest BCUT2D eigenvalue weighted by Crippen LogP contribution is -2.52. The van der Waals surface area contributed by atoms with Crippen LogP contribution in [0.3, 0.4) is 0 Å². The number of carbonyl (C=O) groups is 2. The maximum absolute atomic E-state index is 12.2. The molecule has 1 aromatic carbocycles. The number of benzene rings is 1. The van der Waals surface area contributed by atoms with Crippen LogP contribution in [-0.2, 0) is 15.1 Å². The lowest BCUT2D eigenvalue weighted by atomic mass is 9.87. The summed E-state index contributed by atoms with van der Waals surface area (Å²) in [7, 11) is 0. The third-order valence-electron chi connectivity index (χ3n) is 4.23. The van der Waals surface area contributed by atoms with Crippen LogP contribution in [0.15, 0.2) is 24.3 Å². The molecule has 126 valence electrons. The predicted molar refractivity (Wildman–Crippen MR) is 87.3 cm³/mol. The smallest absolute Gasteiger partial charge is 0.408 e. The van der Waals surface area contributed by atoms with Crippen molar-refractivity contribution in [2.75, 3.05) is 0 Å². The average Bonchev–Trinajstić information content (AvgIpc) is 2.73. The van der Waals surface area contributed by atoms with Crippen LogP contribution in [0, 0.1) is 5.92 Å². The largest absolute Gasteiger partial charge is 0.479 e. The van der Waals surface area contributed by atoms with Gasteiger partial charge in [-0.1, -0.05) is 38.1 Å². The van der Waals surface area contributed by atoms with Crippen LogP contribution >= 0.6 is 0 Å². The quantitative estimate of drug-likeness (QED) is 0.892. The van der Waals surface area contributed by atoms with Gasteiger partial charge in [-0.3, -0.25) is 0 Å². The highest BCUT2D eigenvalue weighted by atomic mass is 16.6. The molecule has 0 bridgehead atoms. The van der Waals surface area contributed by atoms with Crippen LogP contribution in [0.1, 0.15) is 58.1 Å². The van der Waals surface area contributed by atoms with E-state index in [2.05, 4.69) is 19.2 Å². The summed E-state index contributed by atoms with van der Waals surface area (Å²) < 4.78 is 5.27. The van der Waals surface area contributed by atoms with Gasteiger partial charge in [0.05, 0.1) is 0 Å². The molecule has 1 aliphatic carbocycles. The molecular formula is C18H25NO4. The van der Waals surface area contributed by atoms with Crippen molar-refractivity contribution in [2.45, 2.75) is 58.1 Å². The first kappa shape index (κ1) is 17.3. The van der Waals surface area contributed by atoms with Crippen molar-refractivity contribution >= 4 is 12.1 Å². The molecule has 2 N–H and O–H groups in total. The first-order valence-corrected chi connectivity index (χ1v) is 7.91. The Hall–Kier alpha value is -2.04. The fraction of sp³-hybridized carbons (Fsp3) is 0.556. The van der Waals surface area contributed by atoms with Gasteiger partial charge in [-0.25, -0.2) is 9.59 Å². The molecule has 2 rings (SSSR count). The van der Waals surface area contributed by atoms with E-state index in [9.17, 15) is 14.7 Å². The second-order valence-electron chi connectivity index (χ2n) is 7.48. The van der Waals surface area contributed by atoms with Gasteiger partial charge in [-0.05, 0) is 50.2 Å². The number of alkyl carbamates (subject to hydrolysis) is 1. The Morgan fingerprint density at radius 2 is 1.91 bits per heavy atom. The van der Waals surface area contributed by atoms with Gasteiger partial charge in [0.1, 0.15) is 5.60 Å². The van der Waals surface area contributed by atoms with E-state index in [0.717, 1.165) is 5.56 Å². The lowest BCUT2D eigenvalue weighted by molar-refractivity contribution is -0.145. The van der Waals surface area contributed by atoms with Gasteiger partial charge < -0.3 is 15.2 Å². The Labute approximate surface area is 137 Å². The SMILES string of the molecule is CC(C)C1CC(NC(=O)OC(C)(C)C)(C(=O)O)c2ccccc21. The summed E-state index contributed by atoms with van der Waals surface area (Å²) in [5.41, 5.74) is -0.481. The molecule has 23 heavy (non-hydrogen) atoms. The number of carboxylic acid groups (broad SMARTS) is 1. The van der Waals surface area contributed by atoms with Crippen LogP contribution in [-0.4, -0.2) is 22.8 Å². The first-order chi connectivity index (χ1) is 10.6. The first-order valence-electron chi connectivity index (χ1n) is 7.91. The molecule has 1 aromatic rings. The normalized spacial score (nSPS) is 23.5. The lowest BCUT2D eigenvalue weighted by Gasteiger charge is -2.29. The Bertz CT molecular complexity index is 618. The molecule has 5 nitrogen and oxygen atoms in total. The molecule has 0 fully saturated rings. The van der Waals surface area contributed by atoms with Gasteiger partial charge in [0.15, 0.2) is 5.54 Å². The standard InChI is InChI=1S/C18H25NO4/c1-11(2)13-10-18(15(20)21,14-9-7-6-8-12(13)14)19-16(22)23-17(3,4)5/h6-9,11,13H,10H2,1-5H3,(H,19,22)(H,20,21). The number of aliphatic carboxylic acids is 1. The summed E-state index contributed by atoms with van der Waals surface area (Å²) in [6.45, 7) is 9.37. The van der Waals surface area contributed by atoms with Crippen molar-refractivity contribution in [2.24, 2.45) is 5.92 Å². The van der Waals surface area contributed by atoms with E-state index < -0.39 is 23.2 Å². The van der Waals surface area contributed by atoms with E-state index in [1.807, 2.05) is 12.1 Å². The fourth-order valence-corrected chi connectivity index (χ4v) is 3.21.